The van der Waals surface area contributed by atoms with Crippen LogP contribution in [0.2, 0.25) is 0 Å². The third kappa shape index (κ3) is 64.5. The third-order valence-electron chi connectivity index (χ3n) is 18.2. The Balaban J connectivity index is 5.27. The first kappa shape index (κ1) is 91.1. The third-order valence-corrected chi connectivity index (χ3v) is 20.1. The molecule has 0 aromatic rings. The molecule has 93 heavy (non-hydrogen) atoms. The molecule has 0 heterocycles. The number of hydrogen-bond acceptors (Lipinski definition) is 15. The van der Waals surface area contributed by atoms with Gasteiger partial charge in [-0.15, -0.1) is 0 Å². The van der Waals surface area contributed by atoms with Crippen LogP contribution in [0, 0.1) is 23.7 Å². The van der Waals surface area contributed by atoms with Crippen molar-refractivity contribution in [3.8, 4) is 0 Å². The molecule has 8 atom stereocenters. The van der Waals surface area contributed by atoms with Crippen LogP contribution in [0.4, 0.5) is 0 Å². The van der Waals surface area contributed by atoms with Gasteiger partial charge in [0, 0.05) is 25.7 Å². The predicted octanol–water partition coefficient (Wildman–Crippen LogP) is 21.3. The molecule has 19 heteroatoms. The number of phosphoric ester groups is 2. The number of carbonyl (C=O) groups is 4. The highest BCUT2D eigenvalue weighted by molar-refractivity contribution is 7.47. The van der Waals surface area contributed by atoms with Crippen LogP contribution in [-0.4, -0.2) is 96.7 Å². The van der Waals surface area contributed by atoms with Crippen LogP contribution in [0.25, 0.3) is 0 Å². The second kappa shape index (κ2) is 63.5. The van der Waals surface area contributed by atoms with E-state index in [2.05, 4.69) is 55.4 Å². The second-order valence-electron chi connectivity index (χ2n) is 27.9. The van der Waals surface area contributed by atoms with Gasteiger partial charge in [0.2, 0.25) is 0 Å². The van der Waals surface area contributed by atoms with Crippen LogP contribution < -0.4 is 0 Å². The number of carbonyl (C=O) groups excluding carboxylic acids is 4. The van der Waals surface area contributed by atoms with Crippen LogP contribution in [0.15, 0.2) is 0 Å². The molecular formula is C74H144O17P2. The molecule has 0 aromatic carbocycles. The van der Waals surface area contributed by atoms with E-state index in [0.29, 0.717) is 25.7 Å². The van der Waals surface area contributed by atoms with Crippen molar-refractivity contribution < 1.29 is 80.2 Å². The molecule has 0 rings (SSSR count). The lowest BCUT2D eigenvalue weighted by molar-refractivity contribution is -0.161. The SMILES string of the molecule is CCC(C)CCCCCCCCCCCCC(=O)OC[C@H](COP(=O)(O)OC[C@@H](O)COP(=O)(O)OC[C@@H](COC(=O)CCCCCCCCC(C)CC)OC(=O)CCCCCCCCCCCCCCC(C)C)OC(=O)CCCCCCCCCCCCC(C)CC. The van der Waals surface area contributed by atoms with Crippen molar-refractivity contribution in [3.63, 3.8) is 0 Å². The fourth-order valence-electron chi connectivity index (χ4n) is 11.1. The van der Waals surface area contributed by atoms with E-state index < -0.39 is 97.5 Å². The topological polar surface area (TPSA) is 237 Å². The normalized spacial score (nSPS) is 15.1. The van der Waals surface area contributed by atoms with Gasteiger partial charge in [0.25, 0.3) is 0 Å². The number of aliphatic hydroxyl groups is 1. The summed E-state index contributed by atoms with van der Waals surface area (Å²) in [5, 5.41) is 10.6. The van der Waals surface area contributed by atoms with Gasteiger partial charge in [-0.25, -0.2) is 9.13 Å². The summed E-state index contributed by atoms with van der Waals surface area (Å²) in [4.78, 5) is 72.8. The Morgan fingerprint density at radius 1 is 0.301 bits per heavy atom. The number of phosphoric acid groups is 2. The molecular weight excluding hydrogens is 1220 g/mol. The fourth-order valence-corrected chi connectivity index (χ4v) is 12.7. The molecule has 0 bridgehead atoms. The average Bonchev–Trinajstić information content (AvgIpc) is 3.22. The summed E-state index contributed by atoms with van der Waals surface area (Å²) in [6.07, 6.45) is 47.0. The first-order chi connectivity index (χ1) is 44.7. The zero-order valence-electron chi connectivity index (χ0n) is 60.9. The minimum Gasteiger partial charge on any atom is -0.462 e. The van der Waals surface area contributed by atoms with E-state index in [-0.39, 0.29) is 25.7 Å². The monoisotopic (exact) mass is 1370 g/mol. The smallest absolute Gasteiger partial charge is 0.462 e. The molecule has 3 N–H and O–H groups in total. The molecule has 0 aliphatic carbocycles. The maximum absolute atomic E-state index is 13.1. The van der Waals surface area contributed by atoms with Crippen molar-refractivity contribution in [1.82, 2.24) is 0 Å². The maximum atomic E-state index is 13.1. The van der Waals surface area contributed by atoms with Gasteiger partial charge in [-0.1, -0.05) is 319 Å². The first-order valence-electron chi connectivity index (χ1n) is 38.3. The summed E-state index contributed by atoms with van der Waals surface area (Å²) in [5.41, 5.74) is 0. The van der Waals surface area contributed by atoms with Crippen molar-refractivity contribution in [2.75, 3.05) is 39.6 Å². The molecule has 0 aliphatic rings. The maximum Gasteiger partial charge on any atom is 0.472 e. The molecule has 0 spiro atoms. The van der Waals surface area contributed by atoms with Crippen LogP contribution in [0.5, 0.6) is 0 Å². The number of ether oxygens (including phenoxy) is 4. The van der Waals surface area contributed by atoms with Crippen molar-refractivity contribution >= 4 is 39.5 Å². The van der Waals surface area contributed by atoms with E-state index in [1.807, 2.05) is 0 Å². The molecule has 17 nitrogen and oxygen atoms in total. The summed E-state index contributed by atoms with van der Waals surface area (Å²) >= 11 is 0. The molecule has 0 aliphatic heterocycles. The Hall–Kier alpha value is -1.94. The zero-order chi connectivity index (χ0) is 68.9. The van der Waals surface area contributed by atoms with Gasteiger partial charge in [-0.2, -0.15) is 0 Å². The highest BCUT2D eigenvalue weighted by Crippen LogP contribution is 2.45. The van der Waals surface area contributed by atoms with Crippen LogP contribution in [0.1, 0.15) is 370 Å². The van der Waals surface area contributed by atoms with Gasteiger partial charge in [-0.05, 0) is 49.4 Å². The van der Waals surface area contributed by atoms with Crippen molar-refractivity contribution in [2.45, 2.75) is 388 Å². The van der Waals surface area contributed by atoms with Crippen LogP contribution in [-0.2, 0) is 65.4 Å². The van der Waals surface area contributed by atoms with Gasteiger partial charge < -0.3 is 33.8 Å². The highest BCUT2D eigenvalue weighted by Gasteiger charge is 2.30. The molecule has 552 valence electrons. The van der Waals surface area contributed by atoms with Gasteiger partial charge in [0.05, 0.1) is 26.4 Å². The Morgan fingerprint density at radius 3 is 0.763 bits per heavy atom. The van der Waals surface area contributed by atoms with Gasteiger partial charge in [0.1, 0.15) is 19.3 Å². The number of rotatable bonds is 71. The lowest BCUT2D eigenvalue weighted by Crippen LogP contribution is -2.30. The average molecular weight is 1370 g/mol. The van der Waals surface area contributed by atoms with Gasteiger partial charge in [0.15, 0.2) is 12.2 Å². The first-order valence-corrected chi connectivity index (χ1v) is 41.3. The van der Waals surface area contributed by atoms with E-state index in [1.54, 1.807) is 0 Å². The minimum absolute atomic E-state index is 0.105. The molecule has 0 fully saturated rings. The van der Waals surface area contributed by atoms with Crippen molar-refractivity contribution in [1.29, 1.82) is 0 Å². The molecule has 5 unspecified atom stereocenters. The molecule has 0 saturated heterocycles. The van der Waals surface area contributed by atoms with Crippen molar-refractivity contribution in [2.24, 2.45) is 23.7 Å². The second-order valence-corrected chi connectivity index (χ2v) is 30.8. The quantitative estimate of drug-likeness (QED) is 0.0222. The fraction of sp³-hybridized carbons (Fsp3) is 0.946. The Kier molecular flexibility index (Phi) is 62.2. The number of unbranched alkanes of at least 4 members (excludes halogenated alkanes) is 34. The van der Waals surface area contributed by atoms with E-state index in [1.165, 1.54) is 167 Å². The Bertz CT molecular complexity index is 1840. The van der Waals surface area contributed by atoms with Crippen LogP contribution in [0.3, 0.4) is 0 Å². The largest absolute Gasteiger partial charge is 0.472 e. The number of aliphatic hydroxyl groups excluding tert-OH is 1. The standard InChI is InChI=1S/C74H144O17P2/c1-9-65(6)51-43-35-27-21-16-18-23-29-38-46-54-71(76)84-60-69(90-74(79)57-49-41-31-25-19-17-22-28-36-44-52-66(7)10-2)62-88-92(80,81)86-58-68(75)59-87-93(82,83)89-63-70(61-85-72(77)55-47-39-33-32-37-45-53-67(8)11-3)91-73(78)56-48-40-30-24-15-13-12-14-20-26-34-42-50-64(4)5/h64-70,75H,9-63H2,1-8H3,(H,80,81)(H,82,83)/t65?,66?,67?,68-,69-,70-/m1/s1. The highest BCUT2D eigenvalue weighted by atomic mass is 31.2. The molecule has 0 radical (unpaired) electrons. The lowest BCUT2D eigenvalue weighted by Gasteiger charge is -2.21. The summed E-state index contributed by atoms with van der Waals surface area (Å²) < 4.78 is 68.5. The van der Waals surface area contributed by atoms with Crippen molar-refractivity contribution in [3.05, 3.63) is 0 Å². The summed E-state index contributed by atoms with van der Waals surface area (Å²) in [7, 11) is -9.91. The lowest BCUT2D eigenvalue weighted by atomic mass is 9.99. The van der Waals surface area contributed by atoms with E-state index in [0.717, 1.165) is 120 Å². The van der Waals surface area contributed by atoms with Crippen LogP contribution >= 0.6 is 15.6 Å². The molecule has 0 amide bonds. The Morgan fingerprint density at radius 2 is 0.516 bits per heavy atom. The summed E-state index contributed by atoms with van der Waals surface area (Å²) in [6.45, 7) is 14.2. The zero-order valence-corrected chi connectivity index (χ0v) is 62.7. The Labute approximate surface area is 568 Å². The summed E-state index contributed by atoms with van der Waals surface area (Å²) in [5.74, 6) is 0.996. The number of hydrogen-bond donors (Lipinski definition) is 3. The van der Waals surface area contributed by atoms with E-state index >= 15 is 0 Å². The number of esters is 4. The minimum atomic E-state index is -4.96. The molecule has 0 aromatic heterocycles. The molecule has 0 saturated carbocycles. The predicted molar refractivity (Wildman–Crippen MR) is 377 cm³/mol. The van der Waals surface area contributed by atoms with Gasteiger partial charge >= 0.3 is 39.5 Å². The van der Waals surface area contributed by atoms with Gasteiger partial charge in [-0.3, -0.25) is 37.3 Å². The summed E-state index contributed by atoms with van der Waals surface area (Å²) in [6, 6.07) is 0. The van der Waals surface area contributed by atoms with E-state index in [4.69, 9.17) is 37.0 Å². The van der Waals surface area contributed by atoms with E-state index in [9.17, 15) is 43.2 Å².